The molecule has 0 aliphatic carbocycles. The maximum absolute atomic E-state index is 11.9. The van der Waals surface area contributed by atoms with Crippen molar-refractivity contribution in [2.45, 2.75) is 13.8 Å². The molecule has 0 aliphatic heterocycles. The van der Waals surface area contributed by atoms with Gasteiger partial charge in [0.2, 0.25) is 0 Å². The third-order valence-electron chi connectivity index (χ3n) is 3.26. The number of amides is 1. The van der Waals surface area contributed by atoms with Crippen molar-refractivity contribution in [2.24, 2.45) is 5.10 Å². The molecule has 0 aromatic heterocycles. The number of rotatable bonds is 7. The van der Waals surface area contributed by atoms with Crippen LogP contribution in [0.1, 0.15) is 19.4 Å². The van der Waals surface area contributed by atoms with Gasteiger partial charge in [0.15, 0.2) is 6.61 Å². The van der Waals surface area contributed by atoms with E-state index in [9.17, 15) is 4.79 Å². The summed E-state index contributed by atoms with van der Waals surface area (Å²) in [5.74, 6) is 0.612. The summed E-state index contributed by atoms with van der Waals surface area (Å²) in [6, 6.07) is 10.3. The molecule has 8 heteroatoms. The highest BCUT2D eigenvalue weighted by Crippen LogP contribution is 2.33. The predicted molar refractivity (Wildman–Crippen MR) is 105 cm³/mol. The molecule has 2 aromatic carbocycles. The number of hydrogen-bond acceptors (Lipinski definition) is 4. The molecule has 0 unspecified atom stereocenters. The summed E-state index contributed by atoms with van der Waals surface area (Å²) in [6.07, 6.45) is 0. The molecule has 0 saturated heterocycles. The van der Waals surface area contributed by atoms with Gasteiger partial charge in [-0.3, -0.25) is 4.79 Å². The van der Waals surface area contributed by atoms with E-state index in [2.05, 4.69) is 10.5 Å². The fraction of sp³-hybridized carbons (Fsp3) is 0.222. The Balaban J connectivity index is 1.91. The van der Waals surface area contributed by atoms with Crippen molar-refractivity contribution in [3.05, 3.63) is 57.0 Å². The summed E-state index contributed by atoms with van der Waals surface area (Å²) < 4.78 is 10.7. The molecule has 0 saturated carbocycles. The van der Waals surface area contributed by atoms with Gasteiger partial charge in [-0.2, -0.15) is 5.10 Å². The maximum atomic E-state index is 11.9. The molecule has 2 aromatic rings. The smallest absolute Gasteiger partial charge is 0.277 e. The first-order valence-electron chi connectivity index (χ1n) is 7.74. The molecule has 1 amide bonds. The Labute approximate surface area is 166 Å². The van der Waals surface area contributed by atoms with Gasteiger partial charge < -0.3 is 9.47 Å². The topological polar surface area (TPSA) is 59.9 Å². The third-order valence-corrected chi connectivity index (χ3v) is 4.28. The second kappa shape index (κ2) is 9.67. The van der Waals surface area contributed by atoms with Crippen molar-refractivity contribution < 1.29 is 14.3 Å². The molecule has 1 N–H and O–H groups in total. The van der Waals surface area contributed by atoms with Crippen LogP contribution in [0.2, 0.25) is 15.1 Å². The number of benzene rings is 2. The monoisotopic (exact) mass is 414 g/mol. The summed E-state index contributed by atoms with van der Waals surface area (Å²) in [5.41, 5.74) is 3.94. The average molecular weight is 416 g/mol. The number of halogens is 3. The molecule has 0 aliphatic rings. The molecule has 0 atom stereocenters. The number of ether oxygens (including phenoxy) is 2. The average Bonchev–Trinajstić information content (AvgIpc) is 2.62. The van der Waals surface area contributed by atoms with E-state index in [1.165, 1.54) is 12.1 Å². The van der Waals surface area contributed by atoms with Gasteiger partial charge in [-0.05, 0) is 49.7 Å². The number of hydrazone groups is 1. The minimum atomic E-state index is -0.433. The zero-order chi connectivity index (χ0) is 19.1. The molecule has 138 valence electrons. The van der Waals surface area contributed by atoms with Gasteiger partial charge in [0.05, 0.1) is 27.4 Å². The van der Waals surface area contributed by atoms with E-state index in [-0.39, 0.29) is 22.4 Å². The summed E-state index contributed by atoms with van der Waals surface area (Å²) in [4.78, 5) is 11.9. The molecule has 0 fully saturated rings. The lowest BCUT2D eigenvalue weighted by Gasteiger charge is -2.09. The minimum absolute atomic E-state index is 0.265. The Morgan fingerprint density at radius 3 is 2.35 bits per heavy atom. The van der Waals surface area contributed by atoms with Crippen LogP contribution in [-0.4, -0.2) is 24.8 Å². The zero-order valence-electron chi connectivity index (χ0n) is 14.2. The van der Waals surface area contributed by atoms with Crippen LogP contribution in [0.15, 0.2) is 41.5 Å². The fourth-order valence-corrected chi connectivity index (χ4v) is 2.55. The minimum Gasteiger partial charge on any atom is -0.494 e. The summed E-state index contributed by atoms with van der Waals surface area (Å²) in [6.45, 7) is 4.04. The number of nitrogens with one attached hydrogen (secondary N) is 1. The predicted octanol–water partition coefficient (Wildman–Crippen LogP) is 4.96. The molecule has 2 rings (SSSR count). The molecule has 0 heterocycles. The number of carbonyl (C=O) groups is 1. The number of carbonyl (C=O) groups excluding carboxylic acids is 1. The fourth-order valence-electron chi connectivity index (χ4n) is 1.96. The van der Waals surface area contributed by atoms with E-state index in [0.717, 1.165) is 11.3 Å². The van der Waals surface area contributed by atoms with E-state index in [1.54, 1.807) is 6.92 Å². The van der Waals surface area contributed by atoms with E-state index >= 15 is 0 Å². The van der Waals surface area contributed by atoms with E-state index in [1.807, 2.05) is 31.2 Å². The Hall–Kier alpha value is -1.95. The first-order chi connectivity index (χ1) is 12.4. The van der Waals surface area contributed by atoms with Gasteiger partial charge in [0.1, 0.15) is 11.5 Å². The van der Waals surface area contributed by atoms with E-state index < -0.39 is 5.91 Å². The van der Waals surface area contributed by atoms with Crippen LogP contribution in [0.5, 0.6) is 11.5 Å². The first kappa shape index (κ1) is 20.4. The Morgan fingerprint density at radius 2 is 1.69 bits per heavy atom. The van der Waals surface area contributed by atoms with Gasteiger partial charge >= 0.3 is 0 Å². The SMILES string of the molecule is CCOc1ccc(C(C)=NNC(=O)COc2cc(Cl)c(Cl)cc2Cl)cc1. The highest BCUT2D eigenvalue weighted by molar-refractivity contribution is 6.43. The van der Waals surface area contributed by atoms with Gasteiger partial charge in [-0.15, -0.1) is 0 Å². The molecule has 0 radical (unpaired) electrons. The van der Waals surface area contributed by atoms with E-state index in [4.69, 9.17) is 44.3 Å². The van der Waals surface area contributed by atoms with Crippen LogP contribution in [0.3, 0.4) is 0 Å². The van der Waals surface area contributed by atoms with Gasteiger partial charge in [-0.25, -0.2) is 5.43 Å². The second-order valence-electron chi connectivity index (χ2n) is 5.17. The van der Waals surface area contributed by atoms with Crippen LogP contribution in [-0.2, 0) is 4.79 Å². The zero-order valence-corrected chi connectivity index (χ0v) is 16.5. The third kappa shape index (κ3) is 5.80. The van der Waals surface area contributed by atoms with Gasteiger partial charge in [-0.1, -0.05) is 34.8 Å². The summed E-state index contributed by atoms with van der Waals surface area (Å²) >= 11 is 17.7. The normalized spacial score (nSPS) is 11.2. The van der Waals surface area contributed by atoms with Crippen LogP contribution in [0.25, 0.3) is 0 Å². The van der Waals surface area contributed by atoms with Crippen LogP contribution >= 0.6 is 34.8 Å². The highest BCUT2D eigenvalue weighted by Gasteiger charge is 2.09. The van der Waals surface area contributed by atoms with Crippen molar-refractivity contribution in [2.75, 3.05) is 13.2 Å². The quantitative estimate of drug-likeness (QED) is 0.395. The molecular weight excluding hydrogens is 399 g/mol. The van der Waals surface area contributed by atoms with Gasteiger partial charge in [0.25, 0.3) is 5.91 Å². The summed E-state index contributed by atoms with van der Waals surface area (Å²) in [5, 5.41) is 4.91. The first-order valence-corrected chi connectivity index (χ1v) is 8.87. The molecule has 5 nitrogen and oxygen atoms in total. The summed E-state index contributed by atoms with van der Waals surface area (Å²) in [7, 11) is 0. The molecule has 26 heavy (non-hydrogen) atoms. The van der Waals surface area contributed by atoms with Crippen LogP contribution in [0, 0.1) is 0 Å². The van der Waals surface area contributed by atoms with E-state index in [0.29, 0.717) is 17.3 Å². The van der Waals surface area contributed by atoms with Gasteiger partial charge in [0, 0.05) is 6.07 Å². The Bertz CT molecular complexity index is 808. The van der Waals surface area contributed by atoms with Crippen molar-refractivity contribution in [1.29, 1.82) is 0 Å². The Kier molecular flexibility index (Phi) is 7.57. The highest BCUT2D eigenvalue weighted by atomic mass is 35.5. The molecule has 0 spiro atoms. The number of hydrogen-bond donors (Lipinski definition) is 1. The second-order valence-corrected chi connectivity index (χ2v) is 6.40. The largest absolute Gasteiger partial charge is 0.494 e. The standard InChI is InChI=1S/C18H17Cl3N2O3/c1-3-25-13-6-4-12(5-7-13)11(2)22-23-18(24)10-26-17-9-15(20)14(19)8-16(17)21/h4-9H,3,10H2,1-2H3,(H,23,24). The van der Waals surface area contributed by atoms with Crippen molar-refractivity contribution in [3.8, 4) is 11.5 Å². The molecule has 0 bridgehead atoms. The maximum Gasteiger partial charge on any atom is 0.277 e. The van der Waals surface area contributed by atoms with Crippen molar-refractivity contribution in [3.63, 3.8) is 0 Å². The van der Waals surface area contributed by atoms with Crippen LogP contribution < -0.4 is 14.9 Å². The lowest BCUT2D eigenvalue weighted by molar-refractivity contribution is -0.123. The van der Waals surface area contributed by atoms with Crippen molar-refractivity contribution in [1.82, 2.24) is 5.43 Å². The Morgan fingerprint density at radius 1 is 1.04 bits per heavy atom. The number of nitrogens with zero attached hydrogens (tertiary/aromatic N) is 1. The lowest BCUT2D eigenvalue weighted by atomic mass is 10.1. The van der Waals surface area contributed by atoms with Crippen molar-refractivity contribution >= 4 is 46.4 Å². The van der Waals surface area contributed by atoms with Crippen LogP contribution in [0.4, 0.5) is 0 Å². The lowest BCUT2D eigenvalue weighted by Crippen LogP contribution is -2.25. The molecular formula is C18H17Cl3N2O3.